The monoisotopic (exact) mass is 290 g/mol. The van der Waals surface area contributed by atoms with Gasteiger partial charge in [-0.1, -0.05) is 24.6 Å². The number of aliphatic carboxylic acids is 1. The van der Waals surface area contributed by atoms with E-state index in [4.69, 9.17) is 5.11 Å². The second-order valence-electron chi connectivity index (χ2n) is 3.77. The number of thioether (sulfide) groups is 2. The maximum absolute atomic E-state index is 10.5. The third-order valence-electron chi connectivity index (χ3n) is 2.29. The summed E-state index contributed by atoms with van der Waals surface area (Å²) in [5.41, 5.74) is 0. The lowest BCUT2D eigenvalue weighted by Crippen LogP contribution is -2.05. The van der Waals surface area contributed by atoms with Gasteiger partial charge >= 0.3 is 5.97 Å². The van der Waals surface area contributed by atoms with Crippen LogP contribution < -0.4 is 0 Å². The molecule has 102 valence electrons. The standard InChI is InChI=1S/C10H18N4O2S2/c1-17-7-5-3-2-4-6-14-10(11-12-13-14)18-8-9(15)16/h2-8H2,1H3,(H,15,16). The van der Waals surface area contributed by atoms with Crippen LogP contribution in [0.2, 0.25) is 0 Å². The molecule has 0 aliphatic carbocycles. The molecule has 1 aromatic rings. The summed E-state index contributed by atoms with van der Waals surface area (Å²) in [4.78, 5) is 10.5. The first kappa shape index (κ1) is 15.3. The molecular weight excluding hydrogens is 272 g/mol. The molecule has 0 saturated carbocycles. The largest absolute Gasteiger partial charge is 0.481 e. The van der Waals surface area contributed by atoms with Gasteiger partial charge in [-0.2, -0.15) is 11.8 Å². The summed E-state index contributed by atoms with van der Waals surface area (Å²) >= 11 is 3.03. The lowest BCUT2D eigenvalue weighted by Gasteiger charge is -2.03. The van der Waals surface area contributed by atoms with E-state index >= 15 is 0 Å². The molecule has 18 heavy (non-hydrogen) atoms. The van der Waals surface area contributed by atoms with Crippen LogP contribution in [0.5, 0.6) is 0 Å². The second-order valence-corrected chi connectivity index (χ2v) is 5.70. The Balaban J connectivity index is 2.21. The molecule has 0 fully saturated rings. The SMILES string of the molecule is CSCCCCCCn1nnnc1SCC(=O)O. The smallest absolute Gasteiger partial charge is 0.313 e. The normalized spacial score (nSPS) is 10.7. The molecule has 0 atom stereocenters. The van der Waals surface area contributed by atoms with Crippen molar-refractivity contribution < 1.29 is 9.90 Å². The van der Waals surface area contributed by atoms with E-state index < -0.39 is 5.97 Å². The van der Waals surface area contributed by atoms with Crippen molar-refractivity contribution in [3.8, 4) is 0 Å². The van der Waals surface area contributed by atoms with E-state index in [1.54, 1.807) is 4.68 Å². The molecule has 1 N–H and O–H groups in total. The molecule has 0 aliphatic rings. The van der Waals surface area contributed by atoms with E-state index in [-0.39, 0.29) is 5.75 Å². The first-order chi connectivity index (χ1) is 8.74. The Bertz CT molecular complexity index is 359. The number of unbranched alkanes of at least 4 members (excludes halogenated alkanes) is 3. The number of tetrazole rings is 1. The first-order valence-corrected chi connectivity index (χ1v) is 8.21. The van der Waals surface area contributed by atoms with Crippen LogP contribution in [-0.4, -0.2) is 49.0 Å². The Morgan fingerprint density at radius 1 is 1.33 bits per heavy atom. The number of rotatable bonds is 10. The number of aryl methyl sites for hydroxylation is 1. The lowest BCUT2D eigenvalue weighted by molar-refractivity contribution is -0.133. The summed E-state index contributed by atoms with van der Waals surface area (Å²) in [5.74, 6) is 0.352. The molecule has 1 rings (SSSR count). The number of carbonyl (C=O) groups is 1. The van der Waals surface area contributed by atoms with Crippen molar-refractivity contribution in [2.45, 2.75) is 37.4 Å². The fourth-order valence-electron chi connectivity index (χ4n) is 1.43. The first-order valence-electron chi connectivity index (χ1n) is 5.83. The van der Waals surface area contributed by atoms with Gasteiger partial charge in [-0.05, 0) is 35.3 Å². The van der Waals surface area contributed by atoms with Crippen molar-refractivity contribution in [3.05, 3.63) is 0 Å². The van der Waals surface area contributed by atoms with Gasteiger partial charge in [0.05, 0.1) is 5.75 Å². The van der Waals surface area contributed by atoms with Crippen LogP contribution >= 0.6 is 23.5 Å². The number of hydrogen-bond donors (Lipinski definition) is 1. The zero-order valence-electron chi connectivity index (χ0n) is 10.4. The van der Waals surface area contributed by atoms with Gasteiger partial charge in [-0.3, -0.25) is 4.79 Å². The molecule has 0 aromatic carbocycles. The minimum Gasteiger partial charge on any atom is -0.481 e. The van der Waals surface area contributed by atoms with Crippen LogP contribution in [0.4, 0.5) is 0 Å². The van der Waals surface area contributed by atoms with E-state index in [0.29, 0.717) is 5.16 Å². The molecule has 0 amide bonds. The molecule has 0 unspecified atom stereocenters. The third-order valence-corrected chi connectivity index (χ3v) is 3.93. The predicted molar refractivity (Wildman–Crippen MR) is 73.0 cm³/mol. The Kier molecular flexibility index (Phi) is 7.83. The van der Waals surface area contributed by atoms with Gasteiger partial charge in [0.2, 0.25) is 5.16 Å². The molecule has 0 bridgehead atoms. The average Bonchev–Trinajstić information content (AvgIpc) is 2.78. The van der Waals surface area contributed by atoms with Crippen LogP contribution in [0, 0.1) is 0 Å². The minimum absolute atomic E-state index is 0.00586. The van der Waals surface area contributed by atoms with Gasteiger partial charge in [0.15, 0.2) is 0 Å². The molecule has 0 saturated heterocycles. The molecule has 0 aliphatic heterocycles. The van der Waals surface area contributed by atoms with E-state index in [9.17, 15) is 4.79 Å². The Labute approximate surface area is 115 Å². The number of nitrogens with zero attached hydrogens (tertiary/aromatic N) is 4. The summed E-state index contributed by atoms with van der Waals surface area (Å²) in [7, 11) is 0. The van der Waals surface area contributed by atoms with Gasteiger partial charge in [-0.25, -0.2) is 4.68 Å². The quantitative estimate of drug-likeness (QED) is 0.519. The van der Waals surface area contributed by atoms with Gasteiger partial charge in [0.25, 0.3) is 0 Å². The molecule has 1 heterocycles. The molecule has 0 radical (unpaired) electrons. The van der Waals surface area contributed by atoms with Crippen molar-refractivity contribution in [3.63, 3.8) is 0 Å². The maximum Gasteiger partial charge on any atom is 0.313 e. The summed E-state index contributed by atoms with van der Waals surface area (Å²) in [5, 5.41) is 20.4. The second kappa shape index (κ2) is 9.21. The lowest BCUT2D eigenvalue weighted by atomic mass is 10.2. The Morgan fingerprint density at radius 3 is 2.83 bits per heavy atom. The van der Waals surface area contributed by atoms with Gasteiger partial charge in [0.1, 0.15) is 0 Å². The number of carboxylic acids is 1. The number of carboxylic acid groups (broad SMARTS) is 1. The average molecular weight is 290 g/mol. The van der Waals surface area contributed by atoms with Gasteiger partial charge < -0.3 is 5.11 Å². The van der Waals surface area contributed by atoms with Gasteiger partial charge in [0, 0.05) is 6.54 Å². The van der Waals surface area contributed by atoms with E-state index in [1.165, 1.54) is 18.6 Å². The van der Waals surface area contributed by atoms with Crippen LogP contribution in [0.25, 0.3) is 0 Å². The summed E-state index contributed by atoms with van der Waals surface area (Å²) < 4.78 is 1.68. The van der Waals surface area contributed by atoms with Gasteiger partial charge in [-0.15, -0.1) is 5.10 Å². The van der Waals surface area contributed by atoms with Crippen LogP contribution in [0.15, 0.2) is 5.16 Å². The molecule has 6 nitrogen and oxygen atoms in total. The summed E-state index contributed by atoms with van der Waals surface area (Å²) in [6.45, 7) is 0.758. The van der Waals surface area contributed by atoms with Crippen molar-refractivity contribution in [1.82, 2.24) is 20.2 Å². The van der Waals surface area contributed by atoms with E-state index in [2.05, 4.69) is 21.8 Å². The number of aromatic nitrogens is 4. The van der Waals surface area contributed by atoms with Crippen molar-refractivity contribution >= 4 is 29.5 Å². The van der Waals surface area contributed by atoms with Crippen LogP contribution in [-0.2, 0) is 11.3 Å². The highest BCUT2D eigenvalue weighted by Gasteiger charge is 2.08. The number of hydrogen-bond acceptors (Lipinski definition) is 6. The molecule has 1 aromatic heterocycles. The highest BCUT2D eigenvalue weighted by molar-refractivity contribution is 7.99. The zero-order chi connectivity index (χ0) is 13.2. The topological polar surface area (TPSA) is 80.9 Å². The van der Waals surface area contributed by atoms with Crippen LogP contribution in [0.1, 0.15) is 25.7 Å². The van der Waals surface area contributed by atoms with E-state index in [1.807, 2.05) is 11.8 Å². The fraction of sp³-hybridized carbons (Fsp3) is 0.800. The highest BCUT2D eigenvalue weighted by Crippen LogP contribution is 2.14. The zero-order valence-corrected chi connectivity index (χ0v) is 12.0. The Hall–Kier alpha value is -0.760. The van der Waals surface area contributed by atoms with E-state index in [0.717, 1.165) is 31.1 Å². The highest BCUT2D eigenvalue weighted by atomic mass is 32.2. The predicted octanol–water partition coefficient (Wildman–Crippen LogP) is 1.77. The summed E-state index contributed by atoms with van der Waals surface area (Å²) in [6, 6.07) is 0. The van der Waals surface area contributed by atoms with Crippen molar-refractivity contribution in [2.24, 2.45) is 0 Å². The van der Waals surface area contributed by atoms with Crippen molar-refractivity contribution in [1.29, 1.82) is 0 Å². The van der Waals surface area contributed by atoms with Crippen LogP contribution in [0.3, 0.4) is 0 Å². The minimum atomic E-state index is -0.855. The third kappa shape index (κ3) is 6.25. The molecular formula is C10H18N4O2S2. The Morgan fingerprint density at radius 2 is 2.11 bits per heavy atom. The molecule has 0 spiro atoms. The summed E-state index contributed by atoms with van der Waals surface area (Å²) in [6.07, 6.45) is 6.77. The van der Waals surface area contributed by atoms with Crippen molar-refractivity contribution in [2.75, 3.05) is 17.8 Å². The fourth-order valence-corrected chi connectivity index (χ4v) is 2.54. The maximum atomic E-state index is 10.5. The molecule has 8 heteroatoms.